The molecule has 1 fully saturated rings. The molecule has 3 aromatic rings. The summed E-state index contributed by atoms with van der Waals surface area (Å²) in [6.45, 7) is 5.40. The van der Waals surface area contributed by atoms with Gasteiger partial charge in [-0.15, -0.1) is 0 Å². The van der Waals surface area contributed by atoms with Gasteiger partial charge in [-0.1, -0.05) is 53.1 Å². The quantitative estimate of drug-likeness (QED) is 0.459. The van der Waals surface area contributed by atoms with E-state index in [9.17, 15) is 13.2 Å². The number of halogens is 1. The summed E-state index contributed by atoms with van der Waals surface area (Å²) in [6.07, 6.45) is 0. The van der Waals surface area contributed by atoms with E-state index < -0.39 is 10.0 Å². The van der Waals surface area contributed by atoms with Crippen LogP contribution >= 0.6 is 23.8 Å². The molecule has 1 heterocycles. The first-order valence-corrected chi connectivity index (χ1v) is 13.7. The molecule has 0 bridgehead atoms. The smallest absolute Gasteiger partial charge is 0.257 e. The average molecular weight is 543 g/mol. The first-order chi connectivity index (χ1) is 17.1. The van der Waals surface area contributed by atoms with Crippen molar-refractivity contribution in [1.29, 1.82) is 0 Å². The maximum absolute atomic E-state index is 13.1. The number of amides is 1. The second kappa shape index (κ2) is 11.0. The molecule has 0 radical (unpaired) electrons. The summed E-state index contributed by atoms with van der Waals surface area (Å²) in [6, 6.07) is 19.4. The number of carbonyl (C=O) groups excluding carboxylic acids is 1. The lowest BCUT2D eigenvalue weighted by Gasteiger charge is -2.36. The summed E-state index contributed by atoms with van der Waals surface area (Å²) < 4.78 is 27.6. The minimum atomic E-state index is -3.58. The largest absolute Gasteiger partial charge is 0.366 e. The van der Waals surface area contributed by atoms with E-state index in [0.717, 1.165) is 11.1 Å². The predicted molar refractivity (Wildman–Crippen MR) is 148 cm³/mol. The Kier molecular flexibility index (Phi) is 7.94. The SMILES string of the molecule is Cc1ccc(C(=O)NC(=S)Nc2cccc(Cl)c2N2CCN(S(=O)(=O)c3ccc(C)cc3)CC2)cc1. The summed E-state index contributed by atoms with van der Waals surface area (Å²) in [5.41, 5.74) is 3.90. The third kappa shape index (κ3) is 5.87. The third-order valence-corrected chi connectivity index (χ3v) is 8.41. The van der Waals surface area contributed by atoms with Crippen molar-refractivity contribution >= 4 is 56.2 Å². The highest BCUT2D eigenvalue weighted by atomic mass is 35.5. The highest BCUT2D eigenvalue weighted by Gasteiger charge is 2.30. The van der Waals surface area contributed by atoms with E-state index in [-0.39, 0.29) is 15.9 Å². The van der Waals surface area contributed by atoms with Crippen LogP contribution in [0.1, 0.15) is 21.5 Å². The molecule has 4 rings (SSSR count). The van der Waals surface area contributed by atoms with Crippen molar-refractivity contribution in [2.24, 2.45) is 0 Å². The van der Waals surface area contributed by atoms with Gasteiger partial charge in [-0.3, -0.25) is 10.1 Å². The maximum Gasteiger partial charge on any atom is 0.257 e. The van der Waals surface area contributed by atoms with Crippen LogP contribution in [0.5, 0.6) is 0 Å². The number of benzene rings is 3. The van der Waals surface area contributed by atoms with Gasteiger partial charge in [0.15, 0.2) is 5.11 Å². The topological polar surface area (TPSA) is 81.8 Å². The molecule has 0 aliphatic carbocycles. The number of sulfonamides is 1. The van der Waals surface area contributed by atoms with Crippen molar-refractivity contribution in [2.45, 2.75) is 18.7 Å². The van der Waals surface area contributed by atoms with Gasteiger partial charge < -0.3 is 10.2 Å². The van der Waals surface area contributed by atoms with Crippen molar-refractivity contribution in [3.8, 4) is 0 Å². The van der Waals surface area contributed by atoms with Crippen molar-refractivity contribution in [3.05, 3.63) is 88.4 Å². The molecule has 1 amide bonds. The molecule has 3 aromatic carbocycles. The first kappa shape index (κ1) is 26.1. The van der Waals surface area contributed by atoms with E-state index in [1.807, 2.05) is 36.9 Å². The molecule has 0 saturated carbocycles. The van der Waals surface area contributed by atoms with Gasteiger partial charge in [-0.2, -0.15) is 4.31 Å². The van der Waals surface area contributed by atoms with E-state index >= 15 is 0 Å². The number of thiocarbonyl (C=S) groups is 1. The van der Waals surface area contributed by atoms with Gasteiger partial charge in [0.1, 0.15) is 0 Å². The molecule has 0 atom stereocenters. The predicted octanol–water partition coefficient (Wildman–Crippen LogP) is 4.59. The van der Waals surface area contributed by atoms with Crippen LogP contribution in [-0.2, 0) is 10.0 Å². The second-order valence-corrected chi connectivity index (χ2v) is 11.4. The molecule has 1 aliphatic rings. The second-order valence-electron chi connectivity index (χ2n) is 8.61. The minimum absolute atomic E-state index is 0.143. The lowest BCUT2D eigenvalue weighted by atomic mass is 10.1. The number of anilines is 2. The summed E-state index contributed by atoms with van der Waals surface area (Å²) in [5.74, 6) is -0.314. The molecular weight excluding hydrogens is 516 g/mol. The first-order valence-electron chi connectivity index (χ1n) is 11.4. The highest BCUT2D eigenvalue weighted by molar-refractivity contribution is 7.89. The molecule has 0 aromatic heterocycles. The maximum atomic E-state index is 13.1. The molecule has 2 N–H and O–H groups in total. The number of rotatable bonds is 5. The van der Waals surface area contributed by atoms with Gasteiger partial charge in [0.2, 0.25) is 10.0 Å². The molecule has 1 saturated heterocycles. The zero-order valence-corrected chi connectivity index (χ0v) is 22.4. The van der Waals surface area contributed by atoms with Gasteiger partial charge in [-0.25, -0.2) is 8.42 Å². The summed E-state index contributed by atoms with van der Waals surface area (Å²) in [4.78, 5) is 14.9. The molecule has 1 aliphatic heterocycles. The normalized spacial score (nSPS) is 14.4. The Balaban J connectivity index is 1.44. The van der Waals surface area contributed by atoms with Crippen LogP contribution in [0.2, 0.25) is 5.02 Å². The molecule has 0 unspecified atom stereocenters. The van der Waals surface area contributed by atoms with Crippen LogP contribution in [-0.4, -0.2) is 49.9 Å². The number of nitrogens with zero attached hydrogens (tertiary/aromatic N) is 2. The molecule has 10 heteroatoms. The van der Waals surface area contributed by atoms with Crippen molar-refractivity contribution in [2.75, 3.05) is 36.4 Å². The van der Waals surface area contributed by atoms with Crippen molar-refractivity contribution in [3.63, 3.8) is 0 Å². The molecule has 36 heavy (non-hydrogen) atoms. The van der Waals surface area contributed by atoms with Gasteiger partial charge in [0, 0.05) is 31.7 Å². The number of hydrogen-bond donors (Lipinski definition) is 2. The number of piperazine rings is 1. The number of para-hydroxylation sites is 1. The lowest BCUT2D eigenvalue weighted by molar-refractivity contribution is 0.0977. The average Bonchev–Trinajstić information content (AvgIpc) is 2.85. The number of carbonyl (C=O) groups is 1. The van der Waals surface area contributed by atoms with E-state index in [0.29, 0.717) is 48.1 Å². The Morgan fingerprint density at radius 2 is 1.47 bits per heavy atom. The van der Waals surface area contributed by atoms with Crippen LogP contribution in [0.4, 0.5) is 11.4 Å². The van der Waals surface area contributed by atoms with E-state index in [1.54, 1.807) is 48.5 Å². The van der Waals surface area contributed by atoms with Crippen molar-refractivity contribution in [1.82, 2.24) is 9.62 Å². The Bertz CT molecular complexity index is 1370. The van der Waals surface area contributed by atoms with Gasteiger partial charge in [-0.05, 0) is 62.5 Å². The van der Waals surface area contributed by atoms with Crippen molar-refractivity contribution < 1.29 is 13.2 Å². The highest BCUT2D eigenvalue weighted by Crippen LogP contribution is 2.35. The fourth-order valence-electron chi connectivity index (χ4n) is 3.98. The van der Waals surface area contributed by atoms with Crippen LogP contribution in [0.3, 0.4) is 0 Å². The van der Waals surface area contributed by atoms with Gasteiger partial charge >= 0.3 is 0 Å². The fraction of sp³-hybridized carbons (Fsp3) is 0.231. The summed E-state index contributed by atoms with van der Waals surface area (Å²) in [5, 5.41) is 6.42. The number of aryl methyl sites for hydroxylation is 2. The number of hydrogen-bond acceptors (Lipinski definition) is 5. The van der Waals surface area contributed by atoms with Gasteiger partial charge in [0.05, 0.1) is 21.3 Å². The zero-order chi connectivity index (χ0) is 25.9. The Morgan fingerprint density at radius 3 is 2.08 bits per heavy atom. The minimum Gasteiger partial charge on any atom is -0.366 e. The Morgan fingerprint density at radius 1 is 0.889 bits per heavy atom. The fourth-order valence-corrected chi connectivity index (χ4v) is 5.90. The Labute approximate surface area is 222 Å². The Hall–Kier alpha value is -2.98. The van der Waals surface area contributed by atoms with Crippen LogP contribution in [0.25, 0.3) is 0 Å². The van der Waals surface area contributed by atoms with E-state index in [4.69, 9.17) is 23.8 Å². The number of nitrogens with one attached hydrogen (secondary N) is 2. The lowest BCUT2D eigenvalue weighted by Crippen LogP contribution is -2.49. The molecule has 0 spiro atoms. The molecule has 7 nitrogen and oxygen atoms in total. The van der Waals surface area contributed by atoms with Crippen LogP contribution < -0.4 is 15.5 Å². The summed E-state index contributed by atoms with van der Waals surface area (Å²) >= 11 is 11.9. The van der Waals surface area contributed by atoms with Gasteiger partial charge in [0.25, 0.3) is 5.91 Å². The van der Waals surface area contributed by atoms with Crippen LogP contribution in [0.15, 0.2) is 71.6 Å². The van der Waals surface area contributed by atoms with E-state index in [1.165, 1.54) is 4.31 Å². The molecule has 188 valence electrons. The van der Waals surface area contributed by atoms with Crippen LogP contribution in [0, 0.1) is 13.8 Å². The molecular formula is C26H27ClN4O3S2. The zero-order valence-electron chi connectivity index (χ0n) is 20.0. The third-order valence-electron chi connectivity index (χ3n) is 5.99. The summed E-state index contributed by atoms with van der Waals surface area (Å²) in [7, 11) is -3.58. The monoisotopic (exact) mass is 542 g/mol. The standard InChI is InChI=1S/C26H27ClN4O3S2/c1-18-6-10-20(11-7-18)25(32)29-26(35)28-23-5-3-4-22(27)24(23)30-14-16-31(17-15-30)36(33,34)21-12-8-19(2)9-13-21/h3-13H,14-17H2,1-2H3,(H2,28,29,32,35). The van der Waals surface area contributed by atoms with E-state index in [2.05, 4.69) is 10.6 Å².